The van der Waals surface area contributed by atoms with Gasteiger partial charge in [-0.2, -0.15) is 0 Å². The van der Waals surface area contributed by atoms with Crippen molar-refractivity contribution in [3.8, 4) is 22.1 Å². The van der Waals surface area contributed by atoms with Gasteiger partial charge in [-0.05, 0) is 18.2 Å². The fraction of sp³-hybridized carbons (Fsp3) is 0.333. The SMILES string of the molecule is O=C(O)CCc1csc(-c2ccc3c(c2)OCCCO3)n1. The van der Waals surface area contributed by atoms with Gasteiger partial charge < -0.3 is 14.6 Å². The highest BCUT2D eigenvalue weighted by molar-refractivity contribution is 7.13. The molecular formula is C15H15NO4S. The van der Waals surface area contributed by atoms with Crippen molar-refractivity contribution in [3.63, 3.8) is 0 Å². The Labute approximate surface area is 126 Å². The van der Waals surface area contributed by atoms with Gasteiger partial charge in [0.15, 0.2) is 11.5 Å². The molecule has 0 unspecified atom stereocenters. The van der Waals surface area contributed by atoms with Crippen molar-refractivity contribution in [3.05, 3.63) is 29.3 Å². The number of carboxylic acid groups (broad SMARTS) is 1. The average molecular weight is 305 g/mol. The minimum absolute atomic E-state index is 0.102. The van der Waals surface area contributed by atoms with Crippen molar-refractivity contribution < 1.29 is 19.4 Å². The van der Waals surface area contributed by atoms with Gasteiger partial charge in [-0.3, -0.25) is 4.79 Å². The zero-order valence-electron chi connectivity index (χ0n) is 11.4. The van der Waals surface area contributed by atoms with Crippen molar-refractivity contribution in [1.82, 2.24) is 4.98 Å². The first kappa shape index (κ1) is 13.9. The van der Waals surface area contributed by atoms with Crippen LogP contribution in [-0.4, -0.2) is 29.3 Å². The third-order valence-corrected chi connectivity index (χ3v) is 4.08. The highest BCUT2D eigenvalue weighted by Crippen LogP contribution is 2.35. The molecule has 1 aliphatic heterocycles. The van der Waals surface area contributed by atoms with Gasteiger partial charge in [-0.15, -0.1) is 11.3 Å². The number of carboxylic acids is 1. The van der Waals surface area contributed by atoms with E-state index in [0.717, 1.165) is 34.2 Å². The van der Waals surface area contributed by atoms with Crippen LogP contribution in [0.15, 0.2) is 23.6 Å². The zero-order chi connectivity index (χ0) is 14.7. The second kappa shape index (κ2) is 6.13. The van der Waals surface area contributed by atoms with E-state index in [0.29, 0.717) is 19.6 Å². The van der Waals surface area contributed by atoms with Gasteiger partial charge in [0, 0.05) is 23.8 Å². The molecule has 2 aromatic rings. The largest absolute Gasteiger partial charge is 0.490 e. The van der Waals surface area contributed by atoms with Crippen LogP contribution in [0.25, 0.3) is 10.6 Å². The number of benzene rings is 1. The highest BCUT2D eigenvalue weighted by Gasteiger charge is 2.13. The van der Waals surface area contributed by atoms with Crippen LogP contribution in [0.3, 0.4) is 0 Å². The Hall–Kier alpha value is -2.08. The fourth-order valence-electron chi connectivity index (χ4n) is 2.09. The molecule has 0 saturated carbocycles. The Morgan fingerprint density at radius 2 is 2.10 bits per heavy atom. The first-order valence-electron chi connectivity index (χ1n) is 6.78. The van der Waals surface area contributed by atoms with Crippen LogP contribution in [-0.2, 0) is 11.2 Å². The Morgan fingerprint density at radius 3 is 2.90 bits per heavy atom. The van der Waals surface area contributed by atoms with Crippen LogP contribution in [0.1, 0.15) is 18.5 Å². The van der Waals surface area contributed by atoms with E-state index in [1.165, 1.54) is 11.3 Å². The zero-order valence-corrected chi connectivity index (χ0v) is 12.2. The molecule has 1 N–H and O–H groups in total. The number of aromatic nitrogens is 1. The summed E-state index contributed by atoms with van der Waals surface area (Å²) in [6.45, 7) is 1.32. The molecule has 0 fully saturated rings. The van der Waals surface area contributed by atoms with Gasteiger partial charge in [0.2, 0.25) is 0 Å². The highest BCUT2D eigenvalue weighted by atomic mass is 32.1. The summed E-state index contributed by atoms with van der Waals surface area (Å²) in [5, 5.41) is 11.5. The van der Waals surface area contributed by atoms with Gasteiger partial charge >= 0.3 is 5.97 Å². The predicted molar refractivity (Wildman–Crippen MR) is 79.1 cm³/mol. The van der Waals surface area contributed by atoms with Crippen LogP contribution in [0.4, 0.5) is 0 Å². The number of aryl methyl sites for hydroxylation is 1. The van der Waals surface area contributed by atoms with E-state index >= 15 is 0 Å². The van der Waals surface area contributed by atoms with E-state index in [2.05, 4.69) is 4.98 Å². The summed E-state index contributed by atoms with van der Waals surface area (Å²) < 4.78 is 11.3. The summed E-state index contributed by atoms with van der Waals surface area (Å²) in [7, 11) is 0. The number of ether oxygens (including phenoxy) is 2. The Balaban J connectivity index is 1.80. The third kappa shape index (κ3) is 3.33. The Bertz CT molecular complexity index is 653. The second-order valence-corrected chi connectivity index (χ2v) is 5.61. The molecule has 0 saturated heterocycles. The molecule has 3 rings (SSSR count). The summed E-state index contributed by atoms with van der Waals surface area (Å²) >= 11 is 1.51. The normalized spacial score (nSPS) is 13.7. The number of hydrogen-bond donors (Lipinski definition) is 1. The first-order chi connectivity index (χ1) is 10.2. The average Bonchev–Trinajstić information content (AvgIpc) is 2.82. The molecule has 0 aliphatic carbocycles. The van der Waals surface area contributed by atoms with E-state index in [1.54, 1.807) is 0 Å². The summed E-state index contributed by atoms with van der Waals surface area (Å²) in [5.41, 5.74) is 1.77. The van der Waals surface area contributed by atoms with Crippen LogP contribution < -0.4 is 9.47 Å². The molecule has 110 valence electrons. The van der Waals surface area contributed by atoms with Crippen LogP contribution in [0.2, 0.25) is 0 Å². The smallest absolute Gasteiger partial charge is 0.303 e. The van der Waals surface area contributed by atoms with Gasteiger partial charge in [-0.25, -0.2) is 4.98 Å². The van der Waals surface area contributed by atoms with Gasteiger partial charge in [0.25, 0.3) is 0 Å². The molecule has 1 aliphatic rings. The number of nitrogens with zero attached hydrogens (tertiary/aromatic N) is 1. The van der Waals surface area contributed by atoms with E-state index in [1.807, 2.05) is 23.6 Å². The van der Waals surface area contributed by atoms with E-state index < -0.39 is 5.97 Å². The molecular weight excluding hydrogens is 290 g/mol. The monoisotopic (exact) mass is 305 g/mol. The van der Waals surface area contributed by atoms with E-state index in [9.17, 15) is 4.79 Å². The van der Waals surface area contributed by atoms with Crippen molar-refractivity contribution in [2.24, 2.45) is 0 Å². The number of carbonyl (C=O) groups is 1. The molecule has 0 atom stereocenters. The van der Waals surface area contributed by atoms with Crippen LogP contribution >= 0.6 is 11.3 Å². The lowest BCUT2D eigenvalue weighted by molar-refractivity contribution is -0.136. The molecule has 0 radical (unpaired) electrons. The first-order valence-corrected chi connectivity index (χ1v) is 7.66. The maximum Gasteiger partial charge on any atom is 0.303 e. The standard InChI is InChI=1S/C15H15NO4S/c17-14(18)5-3-11-9-21-15(16-11)10-2-4-12-13(8-10)20-7-1-6-19-12/h2,4,8-9H,1,3,5-7H2,(H,17,18). The quantitative estimate of drug-likeness (QED) is 0.940. The molecule has 5 nitrogen and oxygen atoms in total. The second-order valence-electron chi connectivity index (χ2n) is 4.75. The third-order valence-electron chi connectivity index (χ3n) is 3.14. The summed E-state index contributed by atoms with van der Waals surface area (Å²) in [6, 6.07) is 5.78. The Morgan fingerprint density at radius 1 is 1.29 bits per heavy atom. The molecule has 0 bridgehead atoms. The lowest BCUT2D eigenvalue weighted by Gasteiger charge is -2.07. The topological polar surface area (TPSA) is 68.7 Å². The van der Waals surface area contributed by atoms with Gasteiger partial charge in [0.05, 0.1) is 25.3 Å². The molecule has 1 aromatic heterocycles. The summed E-state index contributed by atoms with van der Waals surface area (Å²) in [6.07, 6.45) is 1.43. The molecule has 0 amide bonds. The number of hydrogen-bond acceptors (Lipinski definition) is 5. The van der Waals surface area contributed by atoms with Crippen LogP contribution in [0, 0.1) is 0 Å². The lowest BCUT2D eigenvalue weighted by Crippen LogP contribution is -1.97. The number of thiazole rings is 1. The number of rotatable bonds is 4. The minimum atomic E-state index is -0.805. The molecule has 6 heteroatoms. The molecule has 1 aromatic carbocycles. The number of aliphatic carboxylic acids is 1. The van der Waals surface area contributed by atoms with Crippen molar-refractivity contribution in [1.29, 1.82) is 0 Å². The van der Waals surface area contributed by atoms with Crippen molar-refractivity contribution in [2.75, 3.05) is 13.2 Å². The molecule has 0 spiro atoms. The fourth-order valence-corrected chi connectivity index (χ4v) is 2.94. The molecule has 2 heterocycles. The van der Waals surface area contributed by atoms with Crippen molar-refractivity contribution >= 4 is 17.3 Å². The lowest BCUT2D eigenvalue weighted by atomic mass is 10.2. The summed E-state index contributed by atoms with van der Waals surface area (Å²) in [4.78, 5) is 15.1. The van der Waals surface area contributed by atoms with E-state index in [-0.39, 0.29) is 6.42 Å². The van der Waals surface area contributed by atoms with Gasteiger partial charge in [0.1, 0.15) is 5.01 Å². The van der Waals surface area contributed by atoms with E-state index in [4.69, 9.17) is 14.6 Å². The van der Waals surface area contributed by atoms with Crippen molar-refractivity contribution in [2.45, 2.75) is 19.3 Å². The predicted octanol–water partition coefficient (Wildman–Crippen LogP) is 2.99. The van der Waals surface area contributed by atoms with Crippen LogP contribution in [0.5, 0.6) is 11.5 Å². The maximum absolute atomic E-state index is 10.6. The number of fused-ring (bicyclic) bond motifs is 1. The summed E-state index contributed by atoms with van der Waals surface area (Å²) in [5.74, 6) is 0.700. The maximum atomic E-state index is 10.6. The molecule has 21 heavy (non-hydrogen) atoms. The van der Waals surface area contributed by atoms with Gasteiger partial charge in [-0.1, -0.05) is 0 Å². The Kier molecular flexibility index (Phi) is 4.06. The minimum Gasteiger partial charge on any atom is -0.490 e.